The number of ether oxygens (including phenoxy) is 2. The van der Waals surface area contributed by atoms with Crippen molar-refractivity contribution in [3.05, 3.63) is 58.1 Å². The van der Waals surface area contributed by atoms with Gasteiger partial charge in [-0.15, -0.1) is 0 Å². The average Bonchev–Trinajstić information content (AvgIpc) is 3.55. The van der Waals surface area contributed by atoms with Crippen LogP contribution in [0.25, 0.3) is 16.6 Å². The predicted octanol–water partition coefficient (Wildman–Crippen LogP) is 3.68. The van der Waals surface area contributed by atoms with E-state index in [-0.39, 0.29) is 28.3 Å². The van der Waals surface area contributed by atoms with Crippen molar-refractivity contribution in [2.45, 2.75) is 31.7 Å². The van der Waals surface area contributed by atoms with E-state index in [0.717, 1.165) is 45.6 Å². The second kappa shape index (κ2) is 11.1. The Kier molecular flexibility index (Phi) is 7.14. The van der Waals surface area contributed by atoms with Crippen LogP contribution in [-0.4, -0.2) is 96.8 Å². The van der Waals surface area contributed by atoms with E-state index >= 15 is 4.39 Å². The number of carbonyl (C=O) groups excluding carboxylic acids is 1. The second-order valence-corrected chi connectivity index (χ2v) is 11.4. The summed E-state index contributed by atoms with van der Waals surface area (Å²) in [6.07, 6.45) is 5.92. The zero-order valence-electron chi connectivity index (χ0n) is 23.2. The van der Waals surface area contributed by atoms with Crippen LogP contribution in [-0.2, 0) is 4.74 Å². The van der Waals surface area contributed by atoms with Gasteiger partial charge >= 0.3 is 0 Å². The van der Waals surface area contributed by atoms with Gasteiger partial charge < -0.3 is 29.2 Å². The third-order valence-corrected chi connectivity index (χ3v) is 9.00. The van der Waals surface area contributed by atoms with Gasteiger partial charge in [0, 0.05) is 51.5 Å². The van der Waals surface area contributed by atoms with Crippen molar-refractivity contribution in [2.75, 3.05) is 70.9 Å². The van der Waals surface area contributed by atoms with Gasteiger partial charge in [0.1, 0.15) is 16.8 Å². The Hall–Kier alpha value is -3.47. The maximum Gasteiger partial charge on any atom is 0.259 e. The highest BCUT2D eigenvalue weighted by atomic mass is 19.1. The number of nitrogens with zero attached hydrogens (tertiary/aromatic N) is 4. The molecule has 0 aliphatic carbocycles. The Labute approximate surface area is 238 Å². The van der Waals surface area contributed by atoms with Crippen molar-refractivity contribution in [3.63, 3.8) is 0 Å². The number of carbonyl (C=O) groups is 1. The first kappa shape index (κ1) is 26.4. The van der Waals surface area contributed by atoms with Crippen LogP contribution < -0.4 is 15.5 Å². The summed E-state index contributed by atoms with van der Waals surface area (Å²) in [5, 5.41) is 3.36. The summed E-state index contributed by atoms with van der Waals surface area (Å²) in [5.74, 6) is -0.0625. The number of fused-ring (bicyclic) bond motifs is 2. The normalized spacial score (nSPS) is 19.8. The smallest absolute Gasteiger partial charge is 0.259 e. The predicted molar refractivity (Wildman–Crippen MR) is 155 cm³/mol. The highest BCUT2D eigenvalue weighted by Gasteiger charge is 2.32. The molecule has 0 atom stereocenters. The minimum atomic E-state index is -0.575. The lowest BCUT2D eigenvalue weighted by atomic mass is 10.0. The Bertz CT molecular complexity index is 1520. The van der Waals surface area contributed by atoms with E-state index in [9.17, 15) is 9.59 Å². The van der Waals surface area contributed by atoms with Crippen LogP contribution in [0.5, 0.6) is 11.5 Å². The number of halogens is 1. The van der Waals surface area contributed by atoms with Gasteiger partial charge in [0.2, 0.25) is 5.43 Å². The maximum atomic E-state index is 15.7. The fraction of sp³-hybridized carbons (Fsp3) is 0.484. The van der Waals surface area contributed by atoms with Gasteiger partial charge in [-0.3, -0.25) is 14.5 Å². The summed E-state index contributed by atoms with van der Waals surface area (Å²) in [6, 6.07) is 9.18. The van der Waals surface area contributed by atoms with Crippen LogP contribution in [0.4, 0.5) is 10.1 Å². The quantitative estimate of drug-likeness (QED) is 0.385. The van der Waals surface area contributed by atoms with E-state index in [0.29, 0.717) is 55.8 Å². The summed E-state index contributed by atoms with van der Waals surface area (Å²) in [5.41, 5.74) is 0.987. The van der Waals surface area contributed by atoms with Crippen molar-refractivity contribution in [2.24, 2.45) is 0 Å². The molecular weight excluding hydrogens is 525 g/mol. The lowest BCUT2D eigenvalue weighted by molar-refractivity contribution is 0.0398. The van der Waals surface area contributed by atoms with Crippen molar-refractivity contribution in [1.82, 2.24) is 19.3 Å². The van der Waals surface area contributed by atoms with Crippen LogP contribution in [0.2, 0.25) is 0 Å². The Balaban J connectivity index is 1.22. The standard InChI is InChI=1S/C31H36FN5O4/c32-24-19-22-28-30(27(24)33-9-14-34-15-17-40-18-16-34)41-26-6-2-1-5-25(26)37(28)20-23(29(22)38)31(39)36-12-7-21(8-13-36)35-10-3-4-11-35/h1-2,5-6,19-21,33H,3-4,7-18H2. The number of benzene rings is 2. The van der Waals surface area contributed by atoms with E-state index in [1.54, 1.807) is 11.1 Å². The average molecular weight is 562 g/mol. The summed E-state index contributed by atoms with van der Waals surface area (Å²) in [4.78, 5) is 34.1. The molecule has 41 heavy (non-hydrogen) atoms. The second-order valence-electron chi connectivity index (χ2n) is 11.4. The summed E-state index contributed by atoms with van der Waals surface area (Å²) >= 11 is 0. The van der Waals surface area contributed by atoms with E-state index in [4.69, 9.17) is 9.47 Å². The topological polar surface area (TPSA) is 79.3 Å². The first-order valence-electron chi connectivity index (χ1n) is 14.8. The van der Waals surface area contributed by atoms with Gasteiger partial charge in [-0.05, 0) is 57.0 Å². The van der Waals surface area contributed by atoms with Crippen molar-refractivity contribution in [3.8, 4) is 17.2 Å². The van der Waals surface area contributed by atoms with Crippen LogP contribution in [0.15, 0.2) is 41.3 Å². The Morgan fingerprint density at radius 1 is 1.02 bits per heavy atom. The molecular formula is C31H36FN5O4. The number of amides is 1. The van der Waals surface area contributed by atoms with E-state index in [2.05, 4.69) is 15.1 Å². The number of pyridine rings is 1. The molecule has 0 bridgehead atoms. The first-order valence-corrected chi connectivity index (χ1v) is 14.8. The SMILES string of the molecule is O=C(c1cn2c3c(c(NCCN4CCOCC4)c(F)cc3c1=O)Oc1ccccc1-2)N1CCC(N2CCCC2)CC1. The fourth-order valence-electron chi connectivity index (χ4n) is 6.76. The molecule has 1 amide bonds. The van der Waals surface area contributed by atoms with Gasteiger partial charge in [0.25, 0.3) is 5.91 Å². The summed E-state index contributed by atoms with van der Waals surface area (Å²) < 4.78 is 29.2. The molecule has 0 unspecified atom stereocenters. The van der Waals surface area contributed by atoms with Crippen molar-refractivity contribution < 1.29 is 18.7 Å². The maximum absolute atomic E-state index is 15.7. The molecule has 0 spiro atoms. The van der Waals surface area contributed by atoms with Crippen molar-refractivity contribution in [1.29, 1.82) is 0 Å². The minimum Gasteiger partial charge on any atom is -0.451 e. The molecule has 4 aliphatic heterocycles. The van der Waals surface area contributed by atoms with Gasteiger partial charge in [0.15, 0.2) is 17.3 Å². The number of rotatable bonds is 6. The molecule has 7 rings (SSSR count). The number of nitrogens with one attached hydrogen (secondary N) is 1. The van der Waals surface area contributed by atoms with Gasteiger partial charge in [-0.1, -0.05) is 12.1 Å². The van der Waals surface area contributed by atoms with Crippen LogP contribution in [0, 0.1) is 5.82 Å². The molecule has 0 radical (unpaired) electrons. The van der Waals surface area contributed by atoms with Gasteiger partial charge in [-0.2, -0.15) is 0 Å². The highest BCUT2D eigenvalue weighted by Crippen LogP contribution is 2.45. The molecule has 1 aromatic heterocycles. The molecule has 0 saturated carbocycles. The number of hydrogen-bond acceptors (Lipinski definition) is 7. The Morgan fingerprint density at radius 3 is 2.56 bits per heavy atom. The molecule has 3 aromatic rings. The van der Waals surface area contributed by atoms with Crippen LogP contribution in [0.3, 0.4) is 0 Å². The highest BCUT2D eigenvalue weighted by molar-refractivity contribution is 6.01. The molecule has 216 valence electrons. The van der Waals surface area contributed by atoms with E-state index < -0.39 is 11.2 Å². The van der Waals surface area contributed by atoms with Crippen LogP contribution in [0.1, 0.15) is 36.0 Å². The number of likely N-dealkylation sites (tertiary alicyclic amines) is 2. The third kappa shape index (κ3) is 4.87. The summed E-state index contributed by atoms with van der Waals surface area (Å²) in [7, 11) is 0. The van der Waals surface area contributed by atoms with Crippen molar-refractivity contribution >= 4 is 22.5 Å². The molecule has 9 nitrogen and oxygen atoms in total. The molecule has 2 aromatic carbocycles. The molecule has 1 N–H and O–H groups in total. The summed E-state index contributed by atoms with van der Waals surface area (Å²) in [6.45, 7) is 7.79. The zero-order chi connectivity index (χ0) is 27.9. The van der Waals surface area contributed by atoms with Crippen LogP contribution >= 0.6 is 0 Å². The monoisotopic (exact) mass is 561 g/mol. The molecule has 5 heterocycles. The van der Waals surface area contributed by atoms with Gasteiger partial charge in [0.05, 0.1) is 24.3 Å². The molecule has 3 fully saturated rings. The Morgan fingerprint density at radius 2 is 1.78 bits per heavy atom. The number of aromatic nitrogens is 1. The lowest BCUT2D eigenvalue weighted by Gasteiger charge is -2.36. The lowest BCUT2D eigenvalue weighted by Crippen LogP contribution is -2.46. The van der Waals surface area contributed by atoms with Gasteiger partial charge in [-0.25, -0.2) is 4.39 Å². The molecule has 3 saturated heterocycles. The fourth-order valence-corrected chi connectivity index (χ4v) is 6.76. The zero-order valence-corrected chi connectivity index (χ0v) is 23.2. The number of hydrogen-bond donors (Lipinski definition) is 1. The van der Waals surface area contributed by atoms with E-state index in [1.165, 1.54) is 18.9 Å². The first-order chi connectivity index (χ1) is 20.1. The number of para-hydroxylation sites is 2. The number of piperidine rings is 1. The number of morpholine rings is 1. The van der Waals surface area contributed by atoms with E-state index in [1.807, 2.05) is 28.8 Å². The molecule has 4 aliphatic rings. The molecule has 10 heteroatoms. The largest absolute Gasteiger partial charge is 0.451 e. The minimum absolute atomic E-state index is 0.0622. The number of anilines is 1. The third-order valence-electron chi connectivity index (χ3n) is 9.00.